The van der Waals surface area contributed by atoms with E-state index in [9.17, 15) is 4.79 Å². The van der Waals surface area contributed by atoms with Crippen LogP contribution in [0.5, 0.6) is 0 Å². The molecule has 2 aromatic rings. The van der Waals surface area contributed by atoms with Crippen LogP contribution in [0.25, 0.3) is 0 Å². The number of halogens is 3. The summed E-state index contributed by atoms with van der Waals surface area (Å²) in [7, 11) is 1.35. The van der Waals surface area contributed by atoms with Gasteiger partial charge in [-0.15, -0.1) is 11.3 Å². The van der Waals surface area contributed by atoms with Crippen molar-refractivity contribution in [2.75, 3.05) is 17.7 Å². The summed E-state index contributed by atoms with van der Waals surface area (Å²) in [6.07, 6.45) is 0.716. The largest absolute Gasteiger partial charge is 0.465 e. The van der Waals surface area contributed by atoms with Crippen LogP contribution in [-0.2, 0) is 11.2 Å². The molecule has 0 saturated heterocycles. The van der Waals surface area contributed by atoms with Crippen molar-refractivity contribution in [3.63, 3.8) is 0 Å². The molecular weight excluding hydrogens is 423 g/mol. The van der Waals surface area contributed by atoms with Crippen LogP contribution in [-0.4, -0.2) is 18.2 Å². The summed E-state index contributed by atoms with van der Waals surface area (Å²) in [6, 6.07) is 3.11. The van der Waals surface area contributed by atoms with Crippen molar-refractivity contribution in [3.05, 3.63) is 43.2 Å². The van der Waals surface area contributed by atoms with Crippen molar-refractivity contribution in [2.24, 2.45) is 0 Å². The molecule has 0 radical (unpaired) electrons. The second-order valence-electron chi connectivity index (χ2n) is 5.01. The van der Waals surface area contributed by atoms with Gasteiger partial charge in [0.05, 0.1) is 33.4 Å². The van der Waals surface area contributed by atoms with E-state index in [2.05, 4.69) is 10.6 Å². The number of benzene rings is 1. The van der Waals surface area contributed by atoms with E-state index in [1.807, 2.05) is 13.8 Å². The van der Waals surface area contributed by atoms with Gasteiger partial charge in [-0.3, -0.25) is 0 Å². The Hall–Kier alpha value is -1.05. The molecule has 1 aromatic carbocycles. The van der Waals surface area contributed by atoms with E-state index < -0.39 is 5.97 Å². The van der Waals surface area contributed by atoms with E-state index in [0.717, 1.165) is 10.4 Å². The first kappa shape index (κ1) is 20.3. The van der Waals surface area contributed by atoms with Gasteiger partial charge in [0, 0.05) is 4.88 Å². The van der Waals surface area contributed by atoms with Crippen LogP contribution in [0, 0.1) is 6.92 Å². The number of hydrogen-bond acceptors (Lipinski definition) is 4. The molecule has 0 saturated carbocycles. The molecule has 2 N–H and O–H groups in total. The Balaban J connectivity index is 2.27. The van der Waals surface area contributed by atoms with Gasteiger partial charge in [-0.1, -0.05) is 41.7 Å². The number of aryl methyl sites for hydroxylation is 1. The number of nitrogens with one attached hydrogen (secondary N) is 2. The maximum absolute atomic E-state index is 12.1. The molecule has 2 rings (SSSR count). The van der Waals surface area contributed by atoms with E-state index in [1.54, 1.807) is 6.07 Å². The first-order valence-corrected chi connectivity index (χ1v) is 9.57. The molecule has 9 heteroatoms. The summed E-state index contributed by atoms with van der Waals surface area (Å²) < 4.78 is 4.89. The van der Waals surface area contributed by atoms with Crippen molar-refractivity contribution in [1.29, 1.82) is 0 Å². The van der Waals surface area contributed by atoms with Crippen LogP contribution < -0.4 is 10.6 Å². The van der Waals surface area contributed by atoms with Crippen LogP contribution >= 0.6 is 58.4 Å². The number of thiophene rings is 1. The minimum absolute atomic E-state index is 0.273. The van der Waals surface area contributed by atoms with Gasteiger partial charge in [-0.25, -0.2) is 4.79 Å². The fourth-order valence-corrected chi connectivity index (χ4v) is 4.29. The monoisotopic (exact) mass is 436 g/mol. The molecule has 1 aromatic heterocycles. The highest BCUT2D eigenvalue weighted by Crippen LogP contribution is 2.35. The fraction of sp³-hybridized carbons (Fsp3) is 0.250. The van der Waals surface area contributed by atoms with Gasteiger partial charge in [-0.2, -0.15) is 0 Å². The smallest absolute Gasteiger partial charge is 0.341 e. The normalized spacial score (nSPS) is 10.5. The third-order valence-electron chi connectivity index (χ3n) is 3.44. The maximum Gasteiger partial charge on any atom is 0.341 e. The van der Waals surface area contributed by atoms with Crippen LogP contribution in [0.3, 0.4) is 0 Å². The average Bonchev–Trinajstić information content (AvgIpc) is 2.86. The third-order valence-corrected chi connectivity index (χ3v) is 5.74. The van der Waals surface area contributed by atoms with Crippen molar-refractivity contribution >= 4 is 80.1 Å². The van der Waals surface area contributed by atoms with E-state index in [4.69, 9.17) is 51.8 Å². The Bertz CT molecular complexity index is 837. The lowest BCUT2D eigenvalue weighted by Crippen LogP contribution is -2.20. The van der Waals surface area contributed by atoms with E-state index in [-0.39, 0.29) is 5.11 Å². The summed E-state index contributed by atoms with van der Waals surface area (Å²) in [6.45, 7) is 3.94. The lowest BCUT2D eigenvalue weighted by molar-refractivity contribution is 0.0601. The summed E-state index contributed by atoms with van der Waals surface area (Å²) in [5.41, 5.74) is 1.95. The first-order chi connectivity index (χ1) is 11.8. The van der Waals surface area contributed by atoms with Gasteiger partial charge in [0.15, 0.2) is 5.11 Å². The number of hydrogen-bond donors (Lipinski definition) is 2. The van der Waals surface area contributed by atoms with Crippen LogP contribution in [0.4, 0.5) is 10.7 Å². The zero-order valence-electron chi connectivity index (χ0n) is 13.6. The quantitative estimate of drug-likeness (QED) is 0.340. The number of carbonyl (C=O) groups excluding carboxylic acids is 1. The molecule has 0 fully saturated rings. The maximum atomic E-state index is 12.1. The van der Waals surface area contributed by atoms with Crippen LogP contribution in [0.15, 0.2) is 12.1 Å². The van der Waals surface area contributed by atoms with E-state index in [0.29, 0.717) is 37.7 Å². The van der Waals surface area contributed by atoms with Gasteiger partial charge in [0.2, 0.25) is 0 Å². The third kappa shape index (κ3) is 4.57. The second kappa shape index (κ2) is 8.56. The Labute approximate surface area is 170 Å². The SMILES string of the molecule is CCc1c(C)sc(NC(=S)Nc2cc(Cl)c(Cl)cc2Cl)c1C(=O)OC. The van der Waals surface area contributed by atoms with Crippen LogP contribution in [0.1, 0.15) is 27.7 Å². The highest BCUT2D eigenvalue weighted by atomic mass is 35.5. The molecule has 1 heterocycles. The highest BCUT2D eigenvalue weighted by Gasteiger charge is 2.22. The summed E-state index contributed by atoms with van der Waals surface area (Å²) in [5, 5.41) is 7.97. The van der Waals surface area contributed by atoms with E-state index in [1.165, 1.54) is 24.5 Å². The summed E-state index contributed by atoms with van der Waals surface area (Å²) in [4.78, 5) is 13.2. The van der Waals surface area contributed by atoms with Crippen LogP contribution in [0.2, 0.25) is 15.1 Å². The fourth-order valence-electron chi connectivity index (χ4n) is 2.29. The number of thiocarbonyl (C=S) groups is 1. The molecule has 4 nitrogen and oxygen atoms in total. The van der Waals surface area contributed by atoms with Gasteiger partial charge in [-0.05, 0) is 43.3 Å². The molecule has 0 aliphatic carbocycles. The van der Waals surface area contributed by atoms with Gasteiger partial charge in [0.1, 0.15) is 5.00 Å². The first-order valence-electron chi connectivity index (χ1n) is 7.21. The molecule has 25 heavy (non-hydrogen) atoms. The summed E-state index contributed by atoms with van der Waals surface area (Å²) in [5.74, 6) is -0.404. The topological polar surface area (TPSA) is 50.4 Å². The Morgan fingerprint density at radius 2 is 1.84 bits per heavy atom. The predicted octanol–water partition coefficient (Wildman–Crippen LogP) is 6.17. The van der Waals surface area contributed by atoms with Crippen molar-refractivity contribution in [1.82, 2.24) is 0 Å². The minimum Gasteiger partial charge on any atom is -0.465 e. The average molecular weight is 438 g/mol. The molecule has 0 amide bonds. The van der Waals surface area contributed by atoms with Crippen molar-refractivity contribution < 1.29 is 9.53 Å². The molecule has 0 unspecified atom stereocenters. The zero-order chi connectivity index (χ0) is 18.7. The highest BCUT2D eigenvalue weighted by molar-refractivity contribution is 7.80. The lowest BCUT2D eigenvalue weighted by Gasteiger charge is -2.13. The van der Waals surface area contributed by atoms with Gasteiger partial charge >= 0.3 is 5.97 Å². The van der Waals surface area contributed by atoms with E-state index >= 15 is 0 Å². The lowest BCUT2D eigenvalue weighted by atomic mass is 10.1. The minimum atomic E-state index is -0.404. The Morgan fingerprint density at radius 1 is 1.20 bits per heavy atom. The predicted molar refractivity (Wildman–Crippen MR) is 111 cm³/mol. The molecule has 0 atom stereocenters. The number of carbonyl (C=O) groups is 1. The van der Waals surface area contributed by atoms with Gasteiger partial charge < -0.3 is 15.4 Å². The van der Waals surface area contributed by atoms with Crippen molar-refractivity contribution in [3.8, 4) is 0 Å². The number of rotatable bonds is 4. The number of methoxy groups -OCH3 is 1. The standard InChI is InChI=1S/C16H15Cl3N2O2S2/c1-4-8-7(2)25-14(13(8)15(22)23-3)21-16(24)20-12-6-10(18)9(17)5-11(12)19/h5-6H,4H2,1-3H3,(H2,20,21,24). The molecule has 0 bridgehead atoms. The molecule has 0 aliphatic heterocycles. The number of esters is 1. The molecule has 0 spiro atoms. The van der Waals surface area contributed by atoms with Gasteiger partial charge in [0.25, 0.3) is 0 Å². The Kier molecular flexibility index (Phi) is 6.93. The second-order valence-corrected chi connectivity index (χ2v) is 7.87. The number of ether oxygens (including phenoxy) is 1. The number of anilines is 2. The summed E-state index contributed by atoms with van der Waals surface area (Å²) >= 11 is 24.8. The van der Waals surface area contributed by atoms with Crippen molar-refractivity contribution in [2.45, 2.75) is 20.3 Å². The zero-order valence-corrected chi connectivity index (χ0v) is 17.5. The molecule has 0 aliphatic rings. The molecular formula is C16H15Cl3N2O2S2. The molecule has 134 valence electrons. The Morgan fingerprint density at radius 3 is 2.44 bits per heavy atom.